The Kier molecular flexibility index (Phi) is 5.56. The molecule has 0 aliphatic rings. The molecule has 0 aliphatic carbocycles. The van der Waals surface area contributed by atoms with Crippen molar-refractivity contribution < 1.29 is 0 Å². The van der Waals surface area contributed by atoms with E-state index in [0.29, 0.717) is 6.04 Å². The molecule has 21 heavy (non-hydrogen) atoms. The van der Waals surface area contributed by atoms with E-state index in [0.717, 1.165) is 31.5 Å². The van der Waals surface area contributed by atoms with Crippen molar-refractivity contribution in [3.63, 3.8) is 0 Å². The van der Waals surface area contributed by atoms with Crippen LogP contribution in [0.3, 0.4) is 0 Å². The first kappa shape index (κ1) is 15.8. The van der Waals surface area contributed by atoms with Crippen LogP contribution in [0.15, 0.2) is 24.5 Å². The molecule has 2 rings (SSSR count). The Morgan fingerprint density at radius 2 is 2.10 bits per heavy atom. The molecule has 0 saturated carbocycles. The summed E-state index contributed by atoms with van der Waals surface area (Å²) in [5.41, 5.74) is 2.34. The van der Waals surface area contributed by atoms with Gasteiger partial charge in [-0.2, -0.15) is 10.2 Å². The van der Waals surface area contributed by atoms with Crippen molar-refractivity contribution in [1.29, 1.82) is 0 Å². The van der Waals surface area contributed by atoms with Gasteiger partial charge in [0.2, 0.25) is 0 Å². The molecule has 0 radical (unpaired) electrons. The second kappa shape index (κ2) is 7.41. The highest BCUT2D eigenvalue weighted by Crippen LogP contribution is 2.18. The van der Waals surface area contributed by atoms with Crippen LogP contribution in [0.1, 0.15) is 57.1 Å². The van der Waals surface area contributed by atoms with Crippen molar-refractivity contribution >= 4 is 0 Å². The standard InChI is InChI=1S/C16H27N5/c1-5-9-17-15(16-7-10-18-20(16)4)12-14-8-11-21(19-14)13(3)6-2/h7-8,10-11,13,15,17H,5-6,9,12H2,1-4H3. The smallest absolute Gasteiger partial charge is 0.0644 e. The molecule has 2 aromatic rings. The maximum Gasteiger partial charge on any atom is 0.0644 e. The molecule has 2 atom stereocenters. The Balaban J connectivity index is 2.11. The highest BCUT2D eigenvalue weighted by molar-refractivity contribution is 5.12. The fourth-order valence-corrected chi connectivity index (χ4v) is 2.45. The monoisotopic (exact) mass is 289 g/mol. The summed E-state index contributed by atoms with van der Waals surface area (Å²) in [6, 6.07) is 4.93. The van der Waals surface area contributed by atoms with Gasteiger partial charge < -0.3 is 5.32 Å². The molecule has 5 heteroatoms. The minimum atomic E-state index is 0.262. The van der Waals surface area contributed by atoms with Crippen LogP contribution in [0.2, 0.25) is 0 Å². The summed E-state index contributed by atoms with van der Waals surface area (Å²) in [6.07, 6.45) is 7.05. The Morgan fingerprint density at radius 1 is 1.29 bits per heavy atom. The quantitative estimate of drug-likeness (QED) is 0.813. The van der Waals surface area contributed by atoms with Crippen LogP contribution in [0.4, 0.5) is 0 Å². The van der Waals surface area contributed by atoms with Crippen molar-refractivity contribution in [2.75, 3.05) is 6.54 Å². The van der Waals surface area contributed by atoms with Gasteiger partial charge in [0.1, 0.15) is 0 Å². The third-order valence-corrected chi connectivity index (χ3v) is 3.98. The van der Waals surface area contributed by atoms with Crippen LogP contribution in [0.5, 0.6) is 0 Å². The lowest BCUT2D eigenvalue weighted by Crippen LogP contribution is -2.26. The van der Waals surface area contributed by atoms with Gasteiger partial charge in [-0.15, -0.1) is 0 Å². The average Bonchev–Trinajstić information content (AvgIpc) is 3.11. The molecular weight excluding hydrogens is 262 g/mol. The van der Waals surface area contributed by atoms with Crippen molar-refractivity contribution in [3.8, 4) is 0 Å². The summed E-state index contributed by atoms with van der Waals surface area (Å²) >= 11 is 0. The summed E-state index contributed by atoms with van der Waals surface area (Å²) in [5, 5.41) is 12.6. The Hall–Kier alpha value is -1.62. The van der Waals surface area contributed by atoms with Crippen LogP contribution in [0, 0.1) is 0 Å². The van der Waals surface area contributed by atoms with Crippen molar-refractivity contribution in [1.82, 2.24) is 24.9 Å². The second-order valence-corrected chi connectivity index (χ2v) is 5.63. The van der Waals surface area contributed by atoms with Gasteiger partial charge in [-0.1, -0.05) is 13.8 Å². The highest BCUT2D eigenvalue weighted by atomic mass is 15.3. The van der Waals surface area contributed by atoms with Gasteiger partial charge in [0.25, 0.3) is 0 Å². The van der Waals surface area contributed by atoms with E-state index in [-0.39, 0.29) is 6.04 Å². The normalized spacial score (nSPS) is 14.3. The van der Waals surface area contributed by atoms with Crippen LogP contribution in [-0.4, -0.2) is 26.1 Å². The van der Waals surface area contributed by atoms with E-state index in [9.17, 15) is 0 Å². The lowest BCUT2D eigenvalue weighted by molar-refractivity contribution is 0.458. The number of rotatable bonds is 8. The fraction of sp³-hybridized carbons (Fsp3) is 0.625. The molecule has 0 aliphatic heterocycles. The third kappa shape index (κ3) is 3.94. The molecule has 0 amide bonds. The SMILES string of the molecule is CCCNC(Cc1ccn(C(C)CC)n1)c1ccnn1C. The number of hydrogen-bond acceptors (Lipinski definition) is 3. The largest absolute Gasteiger partial charge is 0.308 e. The average molecular weight is 289 g/mol. The van der Waals surface area contributed by atoms with E-state index < -0.39 is 0 Å². The minimum absolute atomic E-state index is 0.262. The molecule has 116 valence electrons. The van der Waals surface area contributed by atoms with Gasteiger partial charge in [-0.3, -0.25) is 9.36 Å². The zero-order valence-corrected chi connectivity index (χ0v) is 13.6. The zero-order valence-electron chi connectivity index (χ0n) is 13.6. The summed E-state index contributed by atoms with van der Waals surface area (Å²) in [7, 11) is 1.99. The van der Waals surface area contributed by atoms with Crippen LogP contribution < -0.4 is 5.32 Å². The molecule has 0 aromatic carbocycles. The van der Waals surface area contributed by atoms with Gasteiger partial charge in [0, 0.05) is 31.9 Å². The van der Waals surface area contributed by atoms with Crippen molar-refractivity contribution in [2.24, 2.45) is 7.05 Å². The second-order valence-electron chi connectivity index (χ2n) is 5.63. The first-order valence-electron chi connectivity index (χ1n) is 7.91. The molecule has 2 heterocycles. The molecule has 1 N–H and O–H groups in total. The summed E-state index contributed by atoms with van der Waals surface area (Å²) < 4.78 is 4.01. The van der Waals surface area contributed by atoms with E-state index in [4.69, 9.17) is 5.10 Å². The van der Waals surface area contributed by atoms with Gasteiger partial charge in [-0.05, 0) is 38.4 Å². The fourth-order valence-electron chi connectivity index (χ4n) is 2.45. The summed E-state index contributed by atoms with van der Waals surface area (Å²) in [5.74, 6) is 0. The molecule has 0 saturated heterocycles. The maximum atomic E-state index is 4.72. The maximum absolute atomic E-state index is 4.72. The first-order chi connectivity index (χ1) is 10.2. The summed E-state index contributed by atoms with van der Waals surface area (Å²) in [6.45, 7) is 7.57. The van der Waals surface area contributed by atoms with Crippen LogP contribution in [0.25, 0.3) is 0 Å². The molecule has 0 bridgehead atoms. The number of aryl methyl sites for hydroxylation is 1. The van der Waals surface area contributed by atoms with Gasteiger partial charge in [-0.25, -0.2) is 0 Å². The van der Waals surface area contributed by atoms with Crippen LogP contribution >= 0.6 is 0 Å². The van der Waals surface area contributed by atoms with E-state index in [1.807, 2.05) is 17.9 Å². The molecule has 2 unspecified atom stereocenters. The van der Waals surface area contributed by atoms with Gasteiger partial charge >= 0.3 is 0 Å². The van der Waals surface area contributed by atoms with E-state index >= 15 is 0 Å². The Bertz CT molecular complexity index is 542. The third-order valence-electron chi connectivity index (χ3n) is 3.98. The number of hydrogen-bond donors (Lipinski definition) is 1. The first-order valence-corrected chi connectivity index (χ1v) is 7.91. The molecule has 5 nitrogen and oxygen atoms in total. The zero-order chi connectivity index (χ0) is 15.2. The van der Waals surface area contributed by atoms with Gasteiger partial charge in [0.15, 0.2) is 0 Å². The van der Waals surface area contributed by atoms with E-state index in [1.54, 1.807) is 0 Å². The highest BCUT2D eigenvalue weighted by Gasteiger charge is 2.16. The van der Waals surface area contributed by atoms with Gasteiger partial charge in [0.05, 0.1) is 17.4 Å². The van der Waals surface area contributed by atoms with Crippen molar-refractivity contribution in [2.45, 2.75) is 52.1 Å². The summed E-state index contributed by atoms with van der Waals surface area (Å²) in [4.78, 5) is 0. The lowest BCUT2D eigenvalue weighted by atomic mass is 10.1. The predicted octanol–water partition coefficient (Wildman–Crippen LogP) is 2.87. The number of nitrogens with zero attached hydrogens (tertiary/aromatic N) is 4. The lowest BCUT2D eigenvalue weighted by Gasteiger charge is -2.18. The van der Waals surface area contributed by atoms with E-state index in [2.05, 4.69) is 54.2 Å². The number of aromatic nitrogens is 4. The van der Waals surface area contributed by atoms with Crippen LogP contribution in [-0.2, 0) is 13.5 Å². The topological polar surface area (TPSA) is 47.7 Å². The molecular formula is C16H27N5. The molecule has 0 spiro atoms. The van der Waals surface area contributed by atoms with Crippen molar-refractivity contribution in [3.05, 3.63) is 35.9 Å². The number of nitrogens with one attached hydrogen (secondary N) is 1. The molecule has 0 fully saturated rings. The Labute approximate surface area is 127 Å². The molecule has 2 aromatic heterocycles. The Morgan fingerprint density at radius 3 is 2.71 bits per heavy atom. The minimum Gasteiger partial charge on any atom is -0.308 e. The van der Waals surface area contributed by atoms with E-state index in [1.165, 1.54) is 5.69 Å². The predicted molar refractivity (Wildman–Crippen MR) is 85.2 cm³/mol.